The van der Waals surface area contributed by atoms with Gasteiger partial charge < -0.3 is 14.2 Å². The number of hydrogen-bond donors (Lipinski definition) is 0. The van der Waals surface area contributed by atoms with Crippen molar-refractivity contribution < 1.29 is 28.6 Å². The van der Waals surface area contributed by atoms with Gasteiger partial charge in [0.15, 0.2) is 6.10 Å². The lowest BCUT2D eigenvalue weighted by atomic mass is 10.1. The SMILES string of the molecule is CC/C=C\C/C=C\C/C=C\C/C=C\C/C=C\CCCCCC(=O)OCC(COC(=O)CCCCCCCCC/C=C\CCCCCCCC)OC(=O)CCCCCCCC/C=C\C/C=C\C/C=C\C/C=C\CC. The number of esters is 3. The second-order valence-corrected chi connectivity index (χ2v) is 19.5. The van der Waals surface area contributed by atoms with Gasteiger partial charge in [0.2, 0.25) is 0 Å². The molecule has 0 aromatic rings. The smallest absolute Gasteiger partial charge is 0.306 e. The van der Waals surface area contributed by atoms with Gasteiger partial charge in [0, 0.05) is 19.3 Å². The van der Waals surface area contributed by atoms with Gasteiger partial charge in [-0.1, -0.05) is 239 Å². The van der Waals surface area contributed by atoms with Gasteiger partial charge in [0.1, 0.15) is 13.2 Å². The van der Waals surface area contributed by atoms with Gasteiger partial charge in [-0.3, -0.25) is 14.4 Å². The van der Waals surface area contributed by atoms with Crippen LogP contribution >= 0.6 is 0 Å². The Morgan fingerprint density at radius 1 is 0.288 bits per heavy atom. The van der Waals surface area contributed by atoms with Gasteiger partial charge >= 0.3 is 17.9 Å². The summed E-state index contributed by atoms with van der Waals surface area (Å²) in [5.74, 6) is -0.950. The summed E-state index contributed by atoms with van der Waals surface area (Å²) in [5.41, 5.74) is 0. The van der Waals surface area contributed by atoms with Crippen molar-refractivity contribution in [2.24, 2.45) is 0 Å². The van der Waals surface area contributed by atoms with E-state index >= 15 is 0 Å². The first kappa shape index (κ1) is 68.8. The van der Waals surface area contributed by atoms with Crippen LogP contribution in [0.5, 0.6) is 0 Å². The van der Waals surface area contributed by atoms with E-state index in [1.165, 1.54) is 89.9 Å². The van der Waals surface area contributed by atoms with E-state index in [1.54, 1.807) is 0 Å². The molecule has 414 valence electrons. The molecule has 0 N–H and O–H groups in total. The number of allylic oxidation sites excluding steroid dienone is 20. The zero-order valence-corrected chi connectivity index (χ0v) is 47.4. The molecule has 0 saturated heterocycles. The molecule has 0 aliphatic carbocycles. The van der Waals surface area contributed by atoms with E-state index < -0.39 is 6.10 Å². The molecular weight excluding hydrogens is 901 g/mol. The summed E-state index contributed by atoms with van der Waals surface area (Å²) in [4.78, 5) is 38.3. The number of ether oxygens (including phenoxy) is 3. The van der Waals surface area contributed by atoms with Gasteiger partial charge in [0.05, 0.1) is 0 Å². The van der Waals surface area contributed by atoms with Crippen molar-refractivity contribution in [1.82, 2.24) is 0 Å². The fourth-order valence-corrected chi connectivity index (χ4v) is 7.98. The molecule has 0 aromatic heterocycles. The Balaban J connectivity index is 4.50. The first-order valence-electron chi connectivity index (χ1n) is 30.0. The molecule has 0 spiro atoms. The standard InChI is InChI=1S/C67H110O6/c1-4-7-10-13-16-19-22-25-28-31-33-36-39-42-45-48-51-54-57-60-66(69)72-63-64(62-71-65(68)59-56-53-50-47-44-41-38-35-30-27-24-21-18-15-12-9-6-3)73-67(70)61-58-55-52-49-46-43-40-37-34-32-29-26-23-20-17-14-11-8-5-2/h7-8,10-11,16-17,19-20,25-30,33-34,36-37,42,45,64H,4-6,9,12-15,18,21-24,31-32,35,38-41,43-44,46-63H2,1-3H3/b10-7-,11-8-,19-16-,20-17-,28-25-,29-26-,30-27-,36-33-,37-34-,45-42-. The van der Waals surface area contributed by atoms with E-state index in [0.29, 0.717) is 19.3 Å². The monoisotopic (exact) mass is 1010 g/mol. The average molecular weight is 1010 g/mol. The van der Waals surface area contributed by atoms with Crippen LogP contribution in [0.2, 0.25) is 0 Å². The predicted molar refractivity (Wildman–Crippen MR) is 316 cm³/mol. The zero-order valence-electron chi connectivity index (χ0n) is 47.4. The Bertz CT molecular complexity index is 1540. The molecule has 0 aliphatic heterocycles. The number of carbonyl (C=O) groups is 3. The van der Waals surface area contributed by atoms with Crippen molar-refractivity contribution in [3.63, 3.8) is 0 Å². The highest BCUT2D eigenvalue weighted by Crippen LogP contribution is 2.14. The summed E-state index contributed by atoms with van der Waals surface area (Å²) >= 11 is 0. The van der Waals surface area contributed by atoms with Crippen LogP contribution in [0.15, 0.2) is 122 Å². The molecule has 0 radical (unpaired) electrons. The minimum atomic E-state index is -0.806. The highest BCUT2D eigenvalue weighted by molar-refractivity contribution is 5.71. The molecule has 1 unspecified atom stereocenters. The lowest BCUT2D eigenvalue weighted by Gasteiger charge is -2.18. The van der Waals surface area contributed by atoms with Crippen LogP contribution in [-0.4, -0.2) is 37.2 Å². The van der Waals surface area contributed by atoms with E-state index in [-0.39, 0.29) is 31.1 Å². The summed E-state index contributed by atoms with van der Waals surface area (Å²) in [5, 5.41) is 0. The molecule has 0 rings (SSSR count). The second kappa shape index (κ2) is 60.4. The highest BCUT2D eigenvalue weighted by Gasteiger charge is 2.19. The fourth-order valence-electron chi connectivity index (χ4n) is 7.98. The van der Waals surface area contributed by atoms with Gasteiger partial charge in [-0.15, -0.1) is 0 Å². The summed E-state index contributed by atoms with van der Waals surface area (Å²) in [7, 11) is 0. The second-order valence-electron chi connectivity index (χ2n) is 19.5. The molecule has 73 heavy (non-hydrogen) atoms. The first-order chi connectivity index (χ1) is 36.0. The molecule has 0 heterocycles. The van der Waals surface area contributed by atoms with Gasteiger partial charge in [0.25, 0.3) is 0 Å². The van der Waals surface area contributed by atoms with Gasteiger partial charge in [-0.05, 0) is 128 Å². The quantitative estimate of drug-likeness (QED) is 0.0261. The number of unbranched alkanes of at least 4 members (excludes halogenated alkanes) is 22. The Labute approximate surface area is 450 Å². The Morgan fingerprint density at radius 3 is 0.863 bits per heavy atom. The van der Waals surface area contributed by atoms with Crippen molar-refractivity contribution in [1.29, 1.82) is 0 Å². The summed E-state index contributed by atoms with van der Waals surface area (Å²) in [6, 6.07) is 0. The third-order valence-corrected chi connectivity index (χ3v) is 12.4. The highest BCUT2D eigenvalue weighted by atomic mass is 16.6. The molecule has 0 amide bonds. The maximum atomic E-state index is 12.9. The minimum absolute atomic E-state index is 0.0994. The van der Waals surface area contributed by atoms with Crippen LogP contribution in [0.1, 0.15) is 265 Å². The van der Waals surface area contributed by atoms with Crippen LogP contribution in [0.3, 0.4) is 0 Å². The topological polar surface area (TPSA) is 78.9 Å². The van der Waals surface area contributed by atoms with E-state index in [0.717, 1.165) is 135 Å². The largest absolute Gasteiger partial charge is 0.462 e. The zero-order chi connectivity index (χ0) is 52.9. The van der Waals surface area contributed by atoms with Crippen LogP contribution in [0, 0.1) is 0 Å². The van der Waals surface area contributed by atoms with Crippen LogP contribution in [0.4, 0.5) is 0 Å². The van der Waals surface area contributed by atoms with E-state index in [4.69, 9.17) is 14.2 Å². The molecule has 6 heteroatoms. The Hall–Kier alpha value is -4.19. The van der Waals surface area contributed by atoms with Crippen molar-refractivity contribution in [2.45, 2.75) is 271 Å². The van der Waals surface area contributed by atoms with Gasteiger partial charge in [-0.2, -0.15) is 0 Å². The lowest BCUT2D eigenvalue weighted by Crippen LogP contribution is -2.30. The Kier molecular flexibility index (Phi) is 56.9. The van der Waals surface area contributed by atoms with Crippen molar-refractivity contribution in [3.05, 3.63) is 122 Å². The lowest BCUT2D eigenvalue weighted by molar-refractivity contribution is -0.167. The molecule has 0 aliphatic rings. The molecule has 0 bridgehead atoms. The Morgan fingerprint density at radius 2 is 0.534 bits per heavy atom. The maximum absolute atomic E-state index is 12.9. The van der Waals surface area contributed by atoms with Crippen molar-refractivity contribution in [3.8, 4) is 0 Å². The van der Waals surface area contributed by atoms with E-state index in [2.05, 4.69) is 142 Å². The molecule has 0 fully saturated rings. The van der Waals surface area contributed by atoms with Crippen molar-refractivity contribution in [2.75, 3.05) is 13.2 Å². The average Bonchev–Trinajstić information content (AvgIpc) is 3.39. The maximum Gasteiger partial charge on any atom is 0.306 e. The van der Waals surface area contributed by atoms with Crippen LogP contribution < -0.4 is 0 Å². The number of hydrogen-bond acceptors (Lipinski definition) is 6. The molecule has 0 aromatic carbocycles. The van der Waals surface area contributed by atoms with Gasteiger partial charge in [-0.25, -0.2) is 0 Å². The molecule has 6 nitrogen and oxygen atoms in total. The third-order valence-electron chi connectivity index (χ3n) is 12.4. The molecule has 1 atom stereocenters. The predicted octanol–water partition coefficient (Wildman–Crippen LogP) is 20.4. The third kappa shape index (κ3) is 58.6. The normalized spacial score (nSPS) is 13.0. The van der Waals surface area contributed by atoms with Crippen LogP contribution in [-0.2, 0) is 28.6 Å². The summed E-state index contributed by atoms with van der Waals surface area (Å²) in [6.07, 6.45) is 83.3. The summed E-state index contributed by atoms with van der Waals surface area (Å²) in [6.45, 7) is 6.37. The fraction of sp³-hybridized carbons (Fsp3) is 0.657. The minimum Gasteiger partial charge on any atom is -0.462 e. The van der Waals surface area contributed by atoms with Crippen molar-refractivity contribution >= 4 is 17.9 Å². The summed E-state index contributed by atoms with van der Waals surface area (Å²) < 4.78 is 16.9. The first-order valence-corrected chi connectivity index (χ1v) is 30.0. The number of rotatable bonds is 53. The van der Waals surface area contributed by atoms with E-state index in [1.807, 2.05) is 0 Å². The van der Waals surface area contributed by atoms with E-state index in [9.17, 15) is 14.4 Å². The molecular formula is C67H110O6. The molecule has 0 saturated carbocycles. The number of carbonyl (C=O) groups excluding carboxylic acids is 3. The van der Waals surface area contributed by atoms with Crippen LogP contribution in [0.25, 0.3) is 0 Å².